The Morgan fingerprint density at radius 1 is 1.50 bits per heavy atom. The van der Waals surface area contributed by atoms with Crippen LogP contribution in [-0.2, 0) is 0 Å². The smallest absolute Gasteiger partial charge is 0.373 e. The van der Waals surface area contributed by atoms with Crippen molar-refractivity contribution in [3.05, 3.63) is 34.0 Å². The van der Waals surface area contributed by atoms with Crippen LogP contribution < -0.4 is 0 Å². The van der Waals surface area contributed by atoms with Crippen molar-refractivity contribution in [2.75, 3.05) is 0 Å². The number of carboxylic acids is 1. The van der Waals surface area contributed by atoms with Gasteiger partial charge in [0.25, 0.3) is 0 Å². The number of fused-ring (bicyclic) bond motifs is 1. The lowest BCUT2D eigenvalue weighted by Crippen LogP contribution is -1.93. The van der Waals surface area contributed by atoms with E-state index in [0.717, 1.165) is 10.9 Å². The molecule has 1 aromatic heterocycles. The molecule has 1 heterocycles. The molecule has 0 aliphatic carbocycles. The molecular weight excluding hydrogens is 248 g/mol. The topological polar surface area (TPSA) is 50.4 Å². The average Bonchev–Trinajstić information content (AvgIpc) is 2.46. The van der Waals surface area contributed by atoms with Gasteiger partial charge < -0.3 is 9.52 Å². The molecule has 0 aliphatic rings. The first kappa shape index (κ1) is 9.27. The fourth-order valence-electron chi connectivity index (χ4n) is 1.37. The second kappa shape index (κ2) is 3.13. The number of aromatic carboxylic acids is 1. The van der Waals surface area contributed by atoms with Crippen molar-refractivity contribution in [2.45, 2.75) is 6.92 Å². The molecule has 0 spiro atoms. The quantitative estimate of drug-likeness (QED) is 0.851. The van der Waals surface area contributed by atoms with Gasteiger partial charge >= 0.3 is 5.97 Å². The summed E-state index contributed by atoms with van der Waals surface area (Å²) in [5, 5.41) is 9.63. The molecule has 72 valence electrons. The highest BCUT2D eigenvalue weighted by atomic mass is 79.9. The molecule has 0 atom stereocenters. The van der Waals surface area contributed by atoms with E-state index >= 15 is 0 Å². The maximum Gasteiger partial charge on any atom is 0.373 e. The molecule has 1 N–H and O–H groups in total. The Bertz CT molecular complexity index is 513. The van der Waals surface area contributed by atoms with Crippen molar-refractivity contribution in [2.24, 2.45) is 0 Å². The number of hydrogen-bond donors (Lipinski definition) is 1. The van der Waals surface area contributed by atoms with Gasteiger partial charge in [-0.1, -0.05) is 12.1 Å². The van der Waals surface area contributed by atoms with Crippen LogP contribution in [-0.4, -0.2) is 11.1 Å². The number of carboxylic acid groups (broad SMARTS) is 1. The molecule has 0 saturated heterocycles. The fourth-order valence-corrected chi connectivity index (χ4v) is 1.93. The van der Waals surface area contributed by atoms with Gasteiger partial charge in [0.1, 0.15) is 5.58 Å². The van der Waals surface area contributed by atoms with E-state index in [0.29, 0.717) is 10.1 Å². The molecule has 0 aliphatic heterocycles. The largest absolute Gasteiger partial charge is 0.475 e. The van der Waals surface area contributed by atoms with Crippen LogP contribution in [0.2, 0.25) is 0 Å². The van der Waals surface area contributed by atoms with Gasteiger partial charge in [0, 0.05) is 5.39 Å². The minimum absolute atomic E-state index is 0.0469. The number of hydrogen-bond acceptors (Lipinski definition) is 2. The molecule has 0 amide bonds. The van der Waals surface area contributed by atoms with Crippen molar-refractivity contribution >= 4 is 32.9 Å². The van der Waals surface area contributed by atoms with Crippen LogP contribution in [0.15, 0.2) is 27.1 Å². The maximum absolute atomic E-state index is 10.8. The van der Waals surface area contributed by atoms with Crippen molar-refractivity contribution < 1.29 is 14.3 Å². The lowest BCUT2D eigenvalue weighted by Gasteiger charge is -1.91. The summed E-state index contributed by atoms with van der Waals surface area (Å²) in [6.07, 6.45) is 0. The number of benzene rings is 1. The molecule has 0 bridgehead atoms. The number of carbonyl (C=O) groups is 1. The minimum atomic E-state index is -1.06. The molecule has 14 heavy (non-hydrogen) atoms. The SMILES string of the molecule is Cc1cccc2c(Br)c(C(=O)O)oc12. The number of aryl methyl sites for hydroxylation is 1. The van der Waals surface area contributed by atoms with E-state index in [1.165, 1.54) is 0 Å². The Balaban J connectivity index is 2.86. The van der Waals surface area contributed by atoms with Crippen LogP contribution >= 0.6 is 15.9 Å². The number of para-hydroxylation sites is 1. The van der Waals surface area contributed by atoms with Gasteiger partial charge in [0.15, 0.2) is 0 Å². The third kappa shape index (κ3) is 1.23. The Morgan fingerprint density at radius 3 is 2.79 bits per heavy atom. The lowest BCUT2D eigenvalue weighted by atomic mass is 10.2. The van der Waals surface area contributed by atoms with E-state index in [2.05, 4.69) is 15.9 Å². The first-order chi connectivity index (χ1) is 6.61. The highest BCUT2D eigenvalue weighted by Crippen LogP contribution is 2.32. The first-order valence-electron chi connectivity index (χ1n) is 4.02. The maximum atomic E-state index is 10.8. The van der Waals surface area contributed by atoms with Crippen molar-refractivity contribution in [1.82, 2.24) is 0 Å². The summed E-state index contributed by atoms with van der Waals surface area (Å²) in [5.74, 6) is -1.11. The van der Waals surface area contributed by atoms with Gasteiger partial charge in [-0.05, 0) is 34.5 Å². The highest BCUT2D eigenvalue weighted by molar-refractivity contribution is 9.10. The van der Waals surface area contributed by atoms with Gasteiger partial charge in [-0.15, -0.1) is 0 Å². The fraction of sp³-hybridized carbons (Fsp3) is 0.100. The second-order valence-corrected chi connectivity index (χ2v) is 3.79. The van der Waals surface area contributed by atoms with E-state index in [-0.39, 0.29) is 5.76 Å². The number of furan rings is 1. The predicted octanol–water partition coefficient (Wildman–Crippen LogP) is 3.20. The second-order valence-electron chi connectivity index (χ2n) is 3.00. The van der Waals surface area contributed by atoms with Gasteiger partial charge in [-0.25, -0.2) is 4.79 Å². The van der Waals surface area contributed by atoms with E-state index in [1.54, 1.807) is 0 Å². The molecule has 4 heteroatoms. The van der Waals surface area contributed by atoms with Crippen LogP contribution in [0.25, 0.3) is 11.0 Å². The van der Waals surface area contributed by atoms with Crippen LogP contribution in [0.4, 0.5) is 0 Å². The summed E-state index contributed by atoms with van der Waals surface area (Å²) in [4.78, 5) is 10.8. The summed E-state index contributed by atoms with van der Waals surface area (Å²) in [6.45, 7) is 1.88. The molecule has 0 radical (unpaired) electrons. The van der Waals surface area contributed by atoms with E-state index in [9.17, 15) is 4.79 Å². The zero-order valence-corrected chi connectivity index (χ0v) is 8.96. The molecule has 2 rings (SSSR count). The van der Waals surface area contributed by atoms with Crippen LogP contribution in [0.5, 0.6) is 0 Å². The molecule has 0 unspecified atom stereocenters. The summed E-state index contributed by atoms with van der Waals surface area (Å²) in [5.41, 5.74) is 1.55. The first-order valence-corrected chi connectivity index (χ1v) is 4.81. The molecule has 2 aromatic rings. The third-order valence-electron chi connectivity index (χ3n) is 2.05. The van der Waals surface area contributed by atoms with E-state index < -0.39 is 5.97 Å². The van der Waals surface area contributed by atoms with Gasteiger partial charge in [-0.2, -0.15) is 0 Å². The van der Waals surface area contributed by atoms with Crippen molar-refractivity contribution in [1.29, 1.82) is 0 Å². The zero-order chi connectivity index (χ0) is 10.3. The molecular formula is C10H7BrO3. The normalized spacial score (nSPS) is 10.7. The van der Waals surface area contributed by atoms with Crippen molar-refractivity contribution in [3.8, 4) is 0 Å². The molecule has 3 nitrogen and oxygen atoms in total. The van der Waals surface area contributed by atoms with Gasteiger partial charge in [0.05, 0.1) is 4.47 Å². The summed E-state index contributed by atoms with van der Waals surface area (Å²) >= 11 is 3.21. The standard InChI is InChI=1S/C10H7BrO3/c1-5-3-2-4-6-7(11)9(10(12)13)14-8(5)6/h2-4H,1H3,(H,12,13). The van der Waals surface area contributed by atoms with Crippen molar-refractivity contribution in [3.63, 3.8) is 0 Å². The van der Waals surface area contributed by atoms with Gasteiger partial charge in [-0.3, -0.25) is 0 Å². The highest BCUT2D eigenvalue weighted by Gasteiger charge is 2.18. The number of halogens is 1. The lowest BCUT2D eigenvalue weighted by molar-refractivity contribution is 0.0663. The predicted molar refractivity (Wildman–Crippen MR) is 55.6 cm³/mol. The molecule has 0 saturated carbocycles. The molecule has 0 fully saturated rings. The van der Waals surface area contributed by atoms with Crippen LogP contribution in [0.1, 0.15) is 16.1 Å². The van der Waals surface area contributed by atoms with Crippen LogP contribution in [0.3, 0.4) is 0 Å². The van der Waals surface area contributed by atoms with Crippen LogP contribution in [0, 0.1) is 6.92 Å². The van der Waals surface area contributed by atoms with E-state index in [1.807, 2.05) is 25.1 Å². The molecule has 1 aromatic carbocycles. The Kier molecular flexibility index (Phi) is 2.07. The zero-order valence-electron chi connectivity index (χ0n) is 7.37. The number of rotatable bonds is 1. The summed E-state index contributed by atoms with van der Waals surface area (Å²) in [7, 11) is 0. The Hall–Kier alpha value is -1.29. The van der Waals surface area contributed by atoms with E-state index in [4.69, 9.17) is 9.52 Å². The third-order valence-corrected chi connectivity index (χ3v) is 2.83. The average molecular weight is 255 g/mol. The monoisotopic (exact) mass is 254 g/mol. The summed E-state index contributed by atoms with van der Waals surface area (Å²) < 4.78 is 5.75. The Morgan fingerprint density at radius 2 is 2.21 bits per heavy atom. The summed E-state index contributed by atoms with van der Waals surface area (Å²) in [6, 6.07) is 5.57. The van der Waals surface area contributed by atoms with Gasteiger partial charge in [0.2, 0.25) is 5.76 Å². The minimum Gasteiger partial charge on any atom is -0.475 e. The Labute approximate surface area is 88.5 Å².